The minimum atomic E-state index is -1.18. The Hall–Kier alpha value is -3.62. The molecule has 2 rings (SSSR count). The molecule has 0 aliphatic heterocycles. The van der Waals surface area contributed by atoms with E-state index in [0.717, 1.165) is 6.07 Å². The monoisotopic (exact) mass is 374 g/mol. The number of aryl methyl sites for hydroxylation is 1. The molecule has 9 heteroatoms. The zero-order valence-electron chi connectivity index (χ0n) is 14.9. The molecular formula is C18H18N2O7. The highest BCUT2D eigenvalue weighted by molar-refractivity contribution is 5.99. The van der Waals surface area contributed by atoms with Crippen LogP contribution in [0.2, 0.25) is 0 Å². The SMILES string of the molecule is COc1cc([N+](=O)[O-])ccc1NC(=O)[C@H](C)OC(=O)c1cccc(C)c1O. The standard InChI is InChI=1S/C18H18N2O7/c1-10-5-4-6-13(16(10)21)18(23)27-11(2)17(22)19-14-8-7-12(20(24)25)9-15(14)26-3/h4-9,11,21H,1-3H3,(H,19,22)/t11-/m0/s1. The first-order chi connectivity index (χ1) is 12.7. The van der Waals surface area contributed by atoms with Crippen molar-refractivity contribution in [1.82, 2.24) is 0 Å². The number of nitrogens with one attached hydrogen (secondary N) is 1. The third-order valence-corrected chi connectivity index (χ3v) is 3.76. The minimum absolute atomic E-state index is 0.0532. The number of methoxy groups -OCH3 is 1. The molecule has 0 radical (unpaired) electrons. The van der Waals surface area contributed by atoms with Gasteiger partial charge in [-0.25, -0.2) is 4.79 Å². The molecule has 2 aromatic rings. The van der Waals surface area contributed by atoms with Crippen LogP contribution >= 0.6 is 0 Å². The molecule has 0 bridgehead atoms. The van der Waals surface area contributed by atoms with Crippen molar-refractivity contribution in [3.05, 3.63) is 57.6 Å². The molecule has 0 fully saturated rings. The fraction of sp³-hybridized carbons (Fsp3) is 0.222. The van der Waals surface area contributed by atoms with Crippen LogP contribution in [-0.4, -0.2) is 35.1 Å². The summed E-state index contributed by atoms with van der Waals surface area (Å²) in [5, 5.41) is 23.2. The number of carbonyl (C=O) groups is 2. The number of aromatic hydroxyl groups is 1. The minimum Gasteiger partial charge on any atom is -0.507 e. The van der Waals surface area contributed by atoms with Crippen LogP contribution in [0.15, 0.2) is 36.4 Å². The van der Waals surface area contributed by atoms with Crippen molar-refractivity contribution >= 4 is 23.3 Å². The van der Waals surface area contributed by atoms with Crippen molar-refractivity contribution in [1.29, 1.82) is 0 Å². The van der Waals surface area contributed by atoms with E-state index in [1.165, 1.54) is 32.2 Å². The normalized spacial score (nSPS) is 11.4. The van der Waals surface area contributed by atoms with Crippen LogP contribution in [0, 0.1) is 17.0 Å². The van der Waals surface area contributed by atoms with Gasteiger partial charge in [0.1, 0.15) is 17.1 Å². The number of amides is 1. The number of esters is 1. The number of nitrogens with zero attached hydrogens (tertiary/aromatic N) is 1. The second kappa shape index (κ2) is 8.17. The molecule has 0 heterocycles. The lowest BCUT2D eigenvalue weighted by Crippen LogP contribution is -2.30. The number of hydrogen-bond acceptors (Lipinski definition) is 7. The van der Waals surface area contributed by atoms with Crippen LogP contribution < -0.4 is 10.1 Å². The van der Waals surface area contributed by atoms with Gasteiger partial charge in [0.05, 0.1) is 23.8 Å². The molecule has 0 aliphatic rings. The Kier molecular flexibility index (Phi) is 5.96. The van der Waals surface area contributed by atoms with Crippen molar-refractivity contribution in [2.24, 2.45) is 0 Å². The van der Waals surface area contributed by atoms with E-state index in [2.05, 4.69) is 5.32 Å². The summed E-state index contributed by atoms with van der Waals surface area (Å²) in [4.78, 5) is 34.7. The molecular weight excluding hydrogens is 356 g/mol. The lowest BCUT2D eigenvalue weighted by atomic mass is 10.1. The summed E-state index contributed by atoms with van der Waals surface area (Å²) in [6.45, 7) is 2.99. The number of carbonyl (C=O) groups excluding carboxylic acids is 2. The van der Waals surface area contributed by atoms with E-state index >= 15 is 0 Å². The number of nitro groups is 1. The summed E-state index contributed by atoms with van der Waals surface area (Å²) in [6, 6.07) is 8.28. The molecule has 2 N–H and O–H groups in total. The van der Waals surface area contributed by atoms with Gasteiger partial charge >= 0.3 is 5.97 Å². The van der Waals surface area contributed by atoms with E-state index in [9.17, 15) is 24.8 Å². The second-order valence-corrected chi connectivity index (χ2v) is 5.65. The van der Waals surface area contributed by atoms with Crippen LogP contribution in [0.1, 0.15) is 22.8 Å². The summed E-state index contributed by atoms with van der Waals surface area (Å²) < 4.78 is 10.1. The largest absolute Gasteiger partial charge is 0.507 e. The smallest absolute Gasteiger partial charge is 0.342 e. The summed E-state index contributed by atoms with van der Waals surface area (Å²) >= 11 is 0. The van der Waals surface area contributed by atoms with Crippen LogP contribution in [0.5, 0.6) is 11.5 Å². The van der Waals surface area contributed by atoms with Gasteiger partial charge in [0.2, 0.25) is 0 Å². The van der Waals surface area contributed by atoms with E-state index in [-0.39, 0.29) is 28.4 Å². The molecule has 27 heavy (non-hydrogen) atoms. The number of hydrogen-bond donors (Lipinski definition) is 2. The number of phenols is 1. The number of non-ortho nitro benzene ring substituents is 1. The van der Waals surface area contributed by atoms with E-state index in [1.54, 1.807) is 19.1 Å². The zero-order chi connectivity index (χ0) is 20.1. The van der Waals surface area contributed by atoms with Crippen molar-refractivity contribution in [3.8, 4) is 11.5 Å². The summed E-state index contributed by atoms with van der Waals surface area (Å²) in [5.74, 6) is -1.64. The van der Waals surface area contributed by atoms with Gasteiger partial charge in [-0.05, 0) is 31.5 Å². The molecule has 142 valence electrons. The van der Waals surface area contributed by atoms with Crippen LogP contribution in [0.4, 0.5) is 11.4 Å². The van der Waals surface area contributed by atoms with Crippen LogP contribution in [-0.2, 0) is 9.53 Å². The molecule has 0 saturated carbocycles. The Morgan fingerprint density at radius 3 is 2.59 bits per heavy atom. The molecule has 1 amide bonds. The fourth-order valence-electron chi connectivity index (χ4n) is 2.23. The van der Waals surface area contributed by atoms with Crippen molar-refractivity contribution in [2.45, 2.75) is 20.0 Å². The van der Waals surface area contributed by atoms with Gasteiger partial charge in [-0.1, -0.05) is 12.1 Å². The third kappa shape index (κ3) is 4.51. The average molecular weight is 374 g/mol. The van der Waals surface area contributed by atoms with Crippen LogP contribution in [0.3, 0.4) is 0 Å². The fourth-order valence-corrected chi connectivity index (χ4v) is 2.23. The Morgan fingerprint density at radius 1 is 1.26 bits per heavy atom. The van der Waals surface area contributed by atoms with Gasteiger partial charge in [0.15, 0.2) is 6.10 Å². The summed E-state index contributed by atoms with van der Waals surface area (Å²) in [6.07, 6.45) is -1.18. The molecule has 0 unspecified atom stereocenters. The van der Waals surface area contributed by atoms with Crippen molar-refractivity contribution < 1.29 is 29.1 Å². The van der Waals surface area contributed by atoms with Crippen molar-refractivity contribution in [2.75, 3.05) is 12.4 Å². The van der Waals surface area contributed by atoms with Crippen LogP contribution in [0.25, 0.3) is 0 Å². The molecule has 9 nitrogen and oxygen atoms in total. The molecule has 0 aromatic heterocycles. The number of phenolic OH excluding ortho intramolecular Hbond substituents is 1. The summed E-state index contributed by atoms with van der Waals surface area (Å²) in [7, 11) is 1.30. The topological polar surface area (TPSA) is 128 Å². The first-order valence-corrected chi connectivity index (χ1v) is 7.87. The van der Waals surface area contributed by atoms with Gasteiger partial charge in [-0.15, -0.1) is 0 Å². The first kappa shape index (κ1) is 19.7. The van der Waals surface area contributed by atoms with Gasteiger partial charge in [-0.2, -0.15) is 0 Å². The first-order valence-electron chi connectivity index (χ1n) is 7.87. The number of nitro benzene ring substituents is 1. The Balaban J connectivity index is 2.11. The van der Waals surface area contributed by atoms with Gasteiger partial charge < -0.3 is 19.9 Å². The molecule has 2 aromatic carbocycles. The molecule has 0 saturated heterocycles. The number of para-hydroxylation sites is 1. The van der Waals surface area contributed by atoms with Gasteiger partial charge in [0.25, 0.3) is 11.6 Å². The maximum Gasteiger partial charge on any atom is 0.342 e. The third-order valence-electron chi connectivity index (χ3n) is 3.76. The highest BCUT2D eigenvalue weighted by atomic mass is 16.6. The lowest BCUT2D eigenvalue weighted by molar-refractivity contribution is -0.384. The average Bonchev–Trinajstić information content (AvgIpc) is 2.63. The van der Waals surface area contributed by atoms with Gasteiger partial charge in [-0.3, -0.25) is 14.9 Å². The van der Waals surface area contributed by atoms with Crippen molar-refractivity contribution in [3.63, 3.8) is 0 Å². The molecule has 0 spiro atoms. The van der Waals surface area contributed by atoms with E-state index < -0.39 is 22.9 Å². The number of benzene rings is 2. The summed E-state index contributed by atoms with van der Waals surface area (Å²) in [5.41, 5.74) is 0.438. The lowest BCUT2D eigenvalue weighted by Gasteiger charge is -2.15. The second-order valence-electron chi connectivity index (χ2n) is 5.65. The maximum absolute atomic E-state index is 12.3. The van der Waals surface area contributed by atoms with Gasteiger partial charge in [0, 0.05) is 6.07 Å². The van der Waals surface area contributed by atoms with E-state index in [0.29, 0.717) is 5.56 Å². The zero-order valence-corrected chi connectivity index (χ0v) is 14.9. The predicted molar refractivity (Wildman–Crippen MR) is 96.0 cm³/mol. The Labute approximate surface area is 154 Å². The molecule has 1 atom stereocenters. The highest BCUT2D eigenvalue weighted by Gasteiger charge is 2.23. The number of anilines is 1. The highest BCUT2D eigenvalue weighted by Crippen LogP contribution is 2.29. The Morgan fingerprint density at radius 2 is 1.96 bits per heavy atom. The number of rotatable bonds is 6. The van der Waals surface area contributed by atoms with E-state index in [1.807, 2.05) is 0 Å². The quantitative estimate of drug-likeness (QED) is 0.452. The Bertz CT molecular complexity index is 895. The number of ether oxygens (including phenoxy) is 2. The molecule has 0 aliphatic carbocycles. The van der Waals surface area contributed by atoms with E-state index in [4.69, 9.17) is 9.47 Å². The maximum atomic E-state index is 12.3. The predicted octanol–water partition coefficient (Wildman–Crippen LogP) is 2.80.